The van der Waals surface area contributed by atoms with Crippen molar-refractivity contribution in [3.63, 3.8) is 0 Å². The Morgan fingerprint density at radius 1 is 1.31 bits per heavy atom. The minimum Gasteiger partial charge on any atom is -0.489 e. The van der Waals surface area contributed by atoms with Crippen LogP contribution in [-0.2, 0) is 0 Å². The lowest BCUT2D eigenvalue weighted by atomic mass is 9.88. The third-order valence-corrected chi connectivity index (χ3v) is 3.73. The molecular formula is C13H18ClNO. The summed E-state index contributed by atoms with van der Waals surface area (Å²) in [5, 5.41) is 0.725. The van der Waals surface area contributed by atoms with E-state index in [0.717, 1.165) is 23.6 Å². The van der Waals surface area contributed by atoms with Crippen LogP contribution >= 0.6 is 11.6 Å². The van der Waals surface area contributed by atoms with Crippen molar-refractivity contribution in [2.75, 3.05) is 0 Å². The molecule has 1 saturated carbocycles. The maximum absolute atomic E-state index is 6.18. The molecule has 16 heavy (non-hydrogen) atoms. The molecular weight excluding hydrogens is 222 g/mol. The van der Waals surface area contributed by atoms with Gasteiger partial charge in [0.2, 0.25) is 0 Å². The molecule has 1 aromatic rings. The Labute approximate surface area is 102 Å². The molecule has 0 aliphatic heterocycles. The number of rotatable bonds is 2. The molecule has 1 aromatic carbocycles. The second kappa shape index (κ2) is 4.27. The van der Waals surface area contributed by atoms with Crippen LogP contribution in [-0.4, -0.2) is 12.1 Å². The van der Waals surface area contributed by atoms with Gasteiger partial charge in [-0.2, -0.15) is 0 Å². The average Bonchev–Trinajstić information content (AvgIpc) is 2.49. The molecule has 0 amide bonds. The molecule has 2 nitrogen and oxygen atoms in total. The predicted molar refractivity (Wildman–Crippen MR) is 66.9 cm³/mol. The van der Waals surface area contributed by atoms with Gasteiger partial charge in [-0.3, -0.25) is 0 Å². The Bertz CT molecular complexity index is 361. The summed E-state index contributed by atoms with van der Waals surface area (Å²) in [6.45, 7) is 4.39. The van der Waals surface area contributed by atoms with Crippen molar-refractivity contribution >= 4 is 11.6 Å². The molecule has 1 aliphatic carbocycles. The first-order valence-electron chi connectivity index (χ1n) is 5.67. The third-order valence-electron chi connectivity index (χ3n) is 3.48. The number of nitrogens with two attached hydrogens (primary N) is 1. The van der Waals surface area contributed by atoms with Crippen LogP contribution in [0.1, 0.15) is 26.7 Å². The molecule has 1 aliphatic rings. The molecule has 88 valence electrons. The average molecular weight is 240 g/mol. The Kier molecular flexibility index (Phi) is 3.13. The minimum atomic E-state index is 0.100. The Balaban J connectivity index is 2.04. The highest BCUT2D eigenvalue weighted by molar-refractivity contribution is 6.30. The zero-order valence-electron chi connectivity index (χ0n) is 9.74. The maximum atomic E-state index is 6.18. The van der Waals surface area contributed by atoms with Gasteiger partial charge in [-0.25, -0.2) is 0 Å². The summed E-state index contributed by atoms with van der Waals surface area (Å²) in [6, 6.07) is 7.55. The molecule has 2 atom stereocenters. The summed E-state index contributed by atoms with van der Waals surface area (Å²) in [5.41, 5.74) is 6.36. The van der Waals surface area contributed by atoms with Gasteiger partial charge in [-0.1, -0.05) is 25.4 Å². The maximum Gasteiger partial charge on any atom is 0.119 e. The number of halogens is 1. The topological polar surface area (TPSA) is 35.2 Å². The van der Waals surface area contributed by atoms with E-state index in [9.17, 15) is 0 Å². The van der Waals surface area contributed by atoms with E-state index < -0.39 is 0 Å². The highest BCUT2D eigenvalue weighted by atomic mass is 35.5. The fourth-order valence-electron chi connectivity index (χ4n) is 2.18. The summed E-state index contributed by atoms with van der Waals surface area (Å²) in [7, 11) is 0. The second-order valence-corrected chi connectivity index (χ2v) is 5.60. The molecule has 3 heteroatoms. The highest BCUT2D eigenvalue weighted by Crippen LogP contribution is 2.38. The number of hydrogen-bond donors (Lipinski definition) is 1. The van der Waals surface area contributed by atoms with Crippen LogP contribution in [0.15, 0.2) is 24.3 Å². The fraction of sp³-hybridized carbons (Fsp3) is 0.538. The molecule has 1 fully saturated rings. The molecule has 0 bridgehead atoms. The summed E-state index contributed by atoms with van der Waals surface area (Å²) >= 11 is 5.82. The van der Waals surface area contributed by atoms with Gasteiger partial charge in [0.1, 0.15) is 11.9 Å². The van der Waals surface area contributed by atoms with Gasteiger partial charge < -0.3 is 10.5 Å². The Hall–Kier alpha value is -0.730. The lowest BCUT2D eigenvalue weighted by Gasteiger charge is -2.27. The smallest absolute Gasteiger partial charge is 0.119 e. The lowest BCUT2D eigenvalue weighted by Crippen LogP contribution is -2.42. The van der Waals surface area contributed by atoms with Crippen molar-refractivity contribution in [2.24, 2.45) is 11.1 Å². The normalized spacial score (nSPS) is 28.0. The summed E-state index contributed by atoms with van der Waals surface area (Å²) < 4.78 is 5.89. The van der Waals surface area contributed by atoms with Crippen molar-refractivity contribution in [3.05, 3.63) is 29.3 Å². The Morgan fingerprint density at radius 2 is 1.94 bits per heavy atom. The van der Waals surface area contributed by atoms with E-state index in [1.165, 1.54) is 0 Å². The van der Waals surface area contributed by atoms with E-state index in [1.807, 2.05) is 24.3 Å². The lowest BCUT2D eigenvalue weighted by molar-refractivity contribution is 0.165. The van der Waals surface area contributed by atoms with E-state index in [1.54, 1.807) is 0 Å². The largest absolute Gasteiger partial charge is 0.489 e. The predicted octanol–water partition coefficient (Wildman–Crippen LogP) is 3.23. The molecule has 2 unspecified atom stereocenters. The van der Waals surface area contributed by atoms with Gasteiger partial charge in [0.05, 0.1) is 0 Å². The van der Waals surface area contributed by atoms with Gasteiger partial charge in [-0.15, -0.1) is 0 Å². The first kappa shape index (κ1) is 11.7. The van der Waals surface area contributed by atoms with Crippen molar-refractivity contribution in [2.45, 2.75) is 38.8 Å². The zero-order chi connectivity index (χ0) is 11.8. The van der Waals surface area contributed by atoms with Crippen LogP contribution in [0.5, 0.6) is 5.75 Å². The summed E-state index contributed by atoms with van der Waals surface area (Å²) in [6.07, 6.45) is 2.26. The molecule has 2 N–H and O–H groups in total. The first-order chi connectivity index (χ1) is 7.49. The monoisotopic (exact) mass is 239 g/mol. The molecule has 0 saturated heterocycles. The van der Waals surface area contributed by atoms with Gasteiger partial charge in [0, 0.05) is 11.1 Å². The van der Waals surface area contributed by atoms with E-state index in [0.29, 0.717) is 0 Å². The fourth-order valence-corrected chi connectivity index (χ4v) is 2.31. The van der Waals surface area contributed by atoms with E-state index in [-0.39, 0.29) is 17.6 Å². The van der Waals surface area contributed by atoms with Crippen molar-refractivity contribution < 1.29 is 4.74 Å². The molecule has 2 rings (SSSR count). The van der Waals surface area contributed by atoms with Crippen LogP contribution in [0.2, 0.25) is 5.02 Å². The van der Waals surface area contributed by atoms with Crippen LogP contribution in [0.4, 0.5) is 0 Å². The molecule has 0 aromatic heterocycles. The highest BCUT2D eigenvalue weighted by Gasteiger charge is 2.40. The van der Waals surface area contributed by atoms with Crippen molar-refractivity contribution in [1.82, 2.24) is 0 Å². The van der Waals surface area contributed by atoms with Crippen molar-refractivity contribution in [1.29, 1.82) is 0 Å². The molecule has 0 radical (unpaired) electrons. The van der Waals surface area contributed by atoms with Gasteiger partial charge in [-0.05, 0) is 42.5 Å². The van der Waals surface area contributed by atoms with E-state index in [4.69, 9.17) is 22.1 Å². The summed E-state index contributed by atoms with van der Waals surface area (Å²) in [4.78, 5) is 0. The van der Waals surface area contributed by atoms with Gasteiger partial charge in [0.15, 0.2) is 0 Å². The number of benzene rings is 1. The van der Waals surface area contributed by atoms with Crippen LogP contribution < -0.4 is 10.5 Å². The zero-order valence-corrected chi connectivity index (χ0v) is 10.5. The Morgan fingerprint density at radius 3 is 2.44 bits per heavy atom. The number of ether oxygens (including phenoxy) is 1. The summed E-state index contributed by atoms with van der Waals surface area (Å²) in [5.74, 6) is 0.850. The van der Waals surface area contributed by atoms with Gasteiger partial charge >= 0.3 is 0 Å². The quantitative estimate of drug-likeness (QED) is 0.860. The molecule has 0 spiro atoms. The van der Waals surface area contributed by atoms with Crippen molar-refractivity contribution in [3.8, 4) is 5.75 Å². The SMILES string of the molecule is CC1(C)CCC(Oc2ccc(Cl)cc2)C1N. The second-order valence-electron chi connectivity index (χ2n) is 5.16. The van der Waals surface area contributed by atoms with Gasteiger partial charge in [0.25, 0.3) is 0 Å². The number of hydrogen-bond acceptors (Lipinski definition) is 2. The van der Waals surface area contributed by atoms with Crippen LogP contribution in [0.25, 0.3) is 0 Å². The minimum absolute atomic E-state index is 0.100. The van der Waals surface area contributed by atoms with E-state index in [2.05, 4.69) is 13.8 Å². The van der Waals surface area contributed by atoms with Crippen LogP contribution in [0.3, 0.4) is 0 Å². The standard InChI is InChI=1S/C13H18ClNO/c1-13(2)8-7-11(12(13)15)16-10-5-3-9(14)4-6-10/h3-6,11-12H,7-8,15H2,1-2H3. The molecule has 0 heterocycles. The first-order valence-corrected chi connectivity index (χ1v) is 6.05. The van der Waals surface area contributed by atoms with Crippen LogP contribution in [0, 0.1) is 5.41 Å². The third kappa shape index (κ3) is 2.33. The van der Waals surface area contributed by atoms with E-state index >= 15 is 0 Å².